The lowest BCUT2D eigenvalue weighted by Crippen LogP contribution is -2.11. The van der Waals surface area contributed by atoms with Gasteiger partial charge in [0.05, 0.1) is 11.6 Å². The van der Waals surface area contributed by atoms with Crippen molar-refractivity contribution in [3.8, 4) is 5.75 Å². The van der Waals surface area contributed by atoms with Gasteiger partial charge in [-0.1, -0.05) is 73.8 Å². The molecule has 0 aliphatic rings. The second-order valence-electron chi connectivity index (χ2n) is 6.02. The van der Waals surface area contributed by atoms with Gasteiger partial charge in [-0.05, 0) is 18.9 Å². The molecule has 0 atom stereocenters. The number of carbonyl (C=O) groups excluding carboxylic acids is 2. The summed E-state index contributed by atoms with van der Waals surface area (Å²) in [7, 11) is 0. The molecule has 0 bridgehead atoms. The lowest BCUT2D eigenvalue weighted by molar-refractivity contribution is -0.144. The van der Waals surface area contributed by atoms with E-state index in [-0.39, 0.29) is 34.6 Å². The van der Waals surface area contributed by atoms with Gasteiger partial charge in [0.15, 0.2) is 5.75 Å². The van der Waals surface area contributed by atoms with Crippen molar-refractivity contribution in [1.82, 2.24) is 0 Å². The van der Waals surface area contributed by atoms with Crippen LogP contribution in [-0.4, -0.2) is 18.5 Å². The van der Waals surface area contributed by atoms with Crippen molar-refractivity contribution in [2.45, 2.75) is 64.7 Å². The number of hydrogen-bond donors (Lipinski definition) is 0. The van der Waals surface area contributed by atoms with E-state index < -0.39 is 5.97 Å². The first-order valence-corrected chi connectivity index (χ1v) is 10.1. The number of halogens is 3. The molecule has 1 rings (SSSR count). The zero-order valence-corrected chi connectivity index (χ0v) is 17.3. The van der Waals surface area contributed by atoms with Crippen LogP contribution in [-0.2, 0) is 14.3 Å². The highest BCUT2D eigenvalue weighted by Gasteiger charge is 2.13. The summed E-state index contributed by atoms with van der Waals surface area (Å²) in [6, 6.07) is 2.88. The maximum Gasteiger partial charge on any atom is 0.311 e. The van der Waals surface area contributed by atoms with Gasteiger partial charge in [0.1, 0.15) is 5.02 Å². The average molecular weight is 424 g/mol. The second-order valence-corrected chi connectivity index (χ2v) is 7.24. The fraction of sp³-hybridized carbons (Fsp3) is 0.579. The molecule has 0 aromatic heterocycles. The predicted molar refractivity (Wildman–Crippen MR) is 105 cm³/mol. The van der Waals surface area contributed by atoms with Crippen molar-refractivity contribution in [3.63, 3.8) is 0 Å². The van der Waals surface area contributed by atoms with E-state index in [9.17, 15) is 9.59 Å². The minimum absolute atomic E-state index is 0.0760. The molecule has 146 valence electrons. The zero-order chi connectivity index (χ0) is 19.4. The number of unbranched alkanes of at least 4 members (excludes halogenated alkanes) is 5. The van der Waals surface area contributed by atoms with E-state index in [0.717, 1.165) is 12.8 Å². The third-order valence-electron chi connectivity index (χ3n) is 3.71. The van der Waals surface area contributed by atoms with Crippen LogP contribution in [0.3, 0.4) is 0 Å². The highest BCUT2D eigenvalue weighted by atomic mass is 35.5. The van der Waals surface area contributed by atoms with Crippen LogP contribution in [0.2, 0.25) is 15.1 Å². The molecule has 4 nitrogen and oxygen atoms in total. The Hall–Kier alpha value is -0.970. The summed E-state index contributed by atoms with van der Waals surface area (Å²) in [5, 5.41) is 0.656. The molecule has 0 N–H and O–H groups in total. The van der Waals surface area contributed by atoms with Gasteiger partial charge in [0.25, 0.3) is 0 Å². The number of ether oxygens (including phenoxy) is 2. The zero-order valence-electron chi connectivity index (χ0n) is 15.0. The lowest BCUT2D eigenvalue weighted by Gasteiger charge is -2.08. The van der Waals surface area contributed by atoms with Gasteiger partial charge >= 0.3 is 11.9 Å². The molecule has 0 unspecified atom stereocenters. The molecule has 0 aliphatic carbocycles. The molecule has 0 heterocycles. The number of esters is 2. The molecule has 1 aromatic rings. The van der Waals surface area contributed by atoms with Crippen LogP contribution in [0.4, 0.5) is 0 Å². The van der Waals surface area contributed by atoms with E-state index in [2.05, 4.69) is 6.92 Å². The molecule has 1 aromatic carbocycles. The minimum atomic E-state index is -0.506. The van der Waals surface area contributed by atoms with E-state index in [4.69, 9.17) is 44.3 Å². The van der Waals surface area contributed by atoms with Gasteiger partial charge in [-0.2, -0.15) is 0 Å². The molecule has 0 amide bonds. The molecule has 0 saturated heterocycles. The van der Waals surface area contributed by atoms with Crippen molar-refractivity contribution in [3.05, 3.63) is 27.2 Å². The Labute approximate surface area is 170 Å². The van der Waals surface area contributed by atoms with Gasteiger partial charge in [-0.3, -0.25) is 9.59 Å². The number of rotatable bonds is 12. The number of benzene rings is 1. The monoisotopic (exact) mass is 422 g/mol. The van der Waals surface area contributed by atoms with Crippen molar-refractivity contribution < 1.29 is 19.1 Å². The Morgan fingerprint density at radius 2 is 1.54 bits per heavy atom. The maximum absolute atomic E-state index is 11.8. The van der Waals surface area contributed by atoms with Gasteiger partial charge in [-0.15, -0.1) is 0 Å². The Kier molecular flexibility index (Phi) is 11.7. The van der Waals surface area contributed by atoms with Gasteiger partial charge in [0.2, 0.25) is 0 Å². The van der Waals surface area contributed by atoms with E-state index >= 15 is 0 Å². The highest BCUT2D eigenvalue weighted by Crippen LogP contribution is 2.35. The van der Waals surface area contributed by atoms with Crippen molar-refractivity contribution in [2.24, 2.45) is 0 Å². The Balaban J connectivity index is 2.17. The third kappa shape index (κ3) is 9.65. The first kappa shape index (κ1) is 23.1. The van der Waals surface area contributed by atoms with Gasteiger partial charge in [-0.25, -0.2) is 0 Å². The standard InChI is InChI=1S/C19H25Cl3O4/c1-2-3-4-5-6-7-11-25-17(23)9-8-10-18(24)26-16-13-14(20)12-15(21)19(16)22/h12-13H,2-11H2,1H3. The Bertz CT molecular complexity index is 590. The Morgan fingerprint density at radius 3 is 2.27 bits per heavy atom. The van der Waals surface area contributed by atoms with E-state index in [1.807, 2.05) is 0 Å². The van der Waals surface area contributed by atoms with Crippen LogP contribution in [0.1, 0.15) is 64.7 Å². The summed E-state index contributed by atoms with van der Waals surface area (Å²) < 4.78 is 10.3. The molecule has 0 radical (unpaired) electrons. The molecule has 0 aliphatic heterocycles. The number of carbonyl (C=O) groups is 2. The van der Waals surface area contributed by atoms with Crippen molar-refractivity contribution in [1.29, 1.82) is 0 Å². The molecule has 0 spiro atoms. The molecular formula is C19H25Cl3O4. The van der Waals surface area contributed by atoms with E-state index in [1.165, 1.54) is 37.8 Å². The third-order valence-corrected chi connectivity index (χ3v) is 4.71. The minimum Gasteiger partial charge on any atom is -0.466 e. The van der Waals surface area contributed by atoms with Gasteiger partial charge in [0, 0.05) is 23.9 Å². The molecular weight excluding hydrogens is 399 g/mol. The van der Waals surface area contributed by atoms with E-state index in [1.54, 1.807) is 0 Å². The topological polar surface area (TPSA) is 52.6 Å². The quantitative estimate of drug-likeness (QED) is 0.164. The molecule has 7 heteroatoms. The smallest absolute Gasteiger partial charge is 0.311 e. The fourth-order valence-corrected chi connectivity index (χ4v) is 2.92. The predicted octanol–water partition coefficient (Wildman–Crippen LogP) is 6.63. The molecule has 0 fully saturated rings. The Morgan fingerprint density at radius 1 is 0.885 bits per heavy atom. The summed E-state index contributed by atoms with van der Waals surface area (Å²) in [6.45, 7) is 2.61. The first-order valence-electron chi connectivity index (χ1n) is 8.95. The summed E-state index contributed by atoms with van der Waals surface area (Å²) in [5.74, 6) is -0.691. The largest absolute Gasteiger partial charge is 0.466 e. The summed E-state index contributed by atoms with van der Waals surface area (Å²) in [4.78, 5) is 23.5. The fourth-order valence-electron chi connectivity index (χ4n) is 2.30. The first-order chi connectivity index (χ1) is 12.4. The van der Waals surface area contributed by atoms with Crippen LogP contribution in [0.25, 0.3) is 0 Å². The summed E-state index contributed by atoms with van der Waals surface area (Å²) in [5.41, 5.74) is 0. The van der Waals surface area contributed by atoms with Crippen LogP contribution in [0.5, 0.6) is 5.75 Å². The van der Waals surface area contributed by atoms with Crippen LogP contribution < -0.4 is 4.74 Å². The highest BCUT2D eigenvalue weighted by molar-refractivity contribution is 6.44. The maximum atomic E-state index is 11.8. The van der Waals surface area contributed by atoms with Crippen molar-refractivity contribution >= 4 is 46.7 Å². The average Bonchev–Trinajstić information content (AvgIpc) is 2.58. The SMILES string of the molecule is CCCCCCCCOC(=O)CCCC(=O)Oc1cc(Cl)cc(Cl)c1Cl. The van der Waals surface area contributed by atoms with Crippen LogP contribution in [0.15, 0.2) is 12.1 Å². The summed E-state index contributed by atoms with van der Waals surface area (Å²) in [6.07, 6.45) is 7.42. The van der Waals surface area contributed by atoms with Crippen LogP contribution in [0, 0.1) is 0 Å². The molecule has 0 saturated carbocycles. The van der Waals surface area contributed by atoms with E-state index in [0.29, 0.717) is 18.1 Å². The normalized spacial score (nSPS) is 10.6. The van der Waals surface area contributed by atoms with Crippen molar-refractivity contribution in [2.75, 3.05) is 6.61 Å². The lowest BCUT2D eigenvalue weighted by atomic mass is 10.1. The summed E-state index contributed by atoms with van der Waals surface area (Å²) >= 11 is 17.7. The molecule has 26 heavy (non-hydrogen) atoms. The van der Waals surface area contributed by atoms with Gasteiger partial charge < -0.3 is 9.47 Å². The second kappa shape index (κ2) is 13.2. The number of hydrogen-bond acceptors (Lipinski definition) is 4. The van der Waals surface area contributed by atoms with Crippen LogP contribution >= 0.6 is 34.8 Å².